The van der Waals surface area contributed by atoms with Crippen molar-refractivity contribution in [3.63, 3.8) is 0 Å². The van der Waals surface area contributed by atoms with Crippen LogP contribution in [-0.2, 0) is 14.3 Å². The van der Waals surface area contributed by atoms with Crippen LogP contribution in [-0.4, -0.2) is 36.0 Å². The van der Waals surface area contributed by atoms with Crippen LogP contribution in [0.15, 0.2) is 0 Å². The van der Waals surface area contributed by atoms with Crippen molar-refractivity contribution in [1.29, 1.82) is 0 Å². The monoisotopic (exact) mass is 327 g/mol. The first-order valence-electron chi connectivity index (χ1n) is 9.54. The Labute approximate surface area is 143 Å². The molecule has 0 saturated carbocycles. The van der Waals surface area contributed by atoms with Crippen molar-refractivity contribution in [2.24, 2.45) is 0 Å². The molecule has 0 aromatic carbocycles. The Bertz CT molecular complexity index is 318. The minimum absolute atomic E-state index is 0.0657. The van der Waals surface area contributed by atoms with E-state index in [1.54, 1.807) is 18.7 Å². The van der Waals surface area contributed by atoms with Crippen LogP contribution < -0.4 is 0 Å². The molecule has 0 bridgehead atoms. The molecule has 1 atom stereocenters. The van der Waals surface area contributed by atoms with Crippen molar-refractivity contribution < 1.29 is 14.3 Å². The van der Waals surface area contributed by atoms with E-state index in [9.17, 15) is 9.59 Å². The predicted molar refractivity (Wildman–Crippen MR) is 95.3 cm³/mol. The second-order valence-electron chi connectivity index (χ2n) is 6.19. The summed E-state index contributed by atoms with van der Waals surface area (Å²) in [5.74, 6) is -0.245. The van der Waals surface area contributed by atoms with Gasteiger partial charge in [-0.15, -0.1) is 0 Å². The van der Waals surface area contributed by atoms with Gasteiger partial charge in [0.1, 0.15) is 6.04 Å². The molecule has 0 aliphatic rings. The highest BCUT2D eigenvalue weighted by Crippen LogP contribution is 2.12. The van der Waals surface area contributed by atoms with Gasteiger partial charge in [-0.3, -0.25) is 4.79 Å². The lowest BCUT2D eigenvalue weighted by molar-refractivity contribution is -0.154. The third kappa shape index (κ3) is 10.4. The molecule has 1 unspecified atom stereocenters. The molecule has 0 fully saturated rings. The highest BCUT2D eigenvalue weighted by molar-refractivity contribution is 5.84. The van der Waals surface area contributed by atoms with Crippen LogP contribution in [0.25, 0.3) is 0 Å². The van der Waals surface area contributed by atoms with E-state index in [1.807, 2.05) is 6.92 Å². The number of carbonyl (C=O) groups excluding carboxylic acids is 2. The number of esters is 1. The number of hydrogen-bond donors (Lipinski definition) is 0. The van der Waals surface area contributed by atoms with Crippen molar-refractivity contribution >= 4 is 11.9 Å². The molecule has 0 rings (SSSR count). The van der Waals surface area contributed by atoms with Gasteiger partial charge in [-0.2, -0.15) is 0 Å². The van der Waals surface area contributed by atoms with E-state index < -0.39 is 6.04 Å². The molecule has 0 N–H and O–H groups in total. The lowest BCUT2D eigenvalue weighted by Gasteiger charge is -2.26. The third-order valence-electron chi connectivity index (χ3n) is 4.25. The molecule has 4 heteroatoms. The first-order chi connectivity index (χ1) is 11.1. The maximum atomic E-state index is 12.2. The van der Waals surface area contributed by atoms with Gasteiger partial charge in [-0.25, -0.2) is 4.79 Å². The lowest BCUT2D eigenvalue weighted by atomic mass is 10.1. The highest BCUT2D eigenvalue weighted by Gasteiger charge is 2.24. The molecular weight excluding hydrogens is 290 g/mol. The van der Waals surface area contributed by atoms with E-state index in [1.165, 1.54) is 44.9 Å². The number of likely N-dealkylation sites (N-methyl/N-ethyl adjacent to an activating group) is 1. The Balaban J connectivity index is 3.83. The predicted octanol–water partition coefficient (Wildman–Crippen LogP) is 4.71. The van der Waals surface area contributed by atoms with E-state index in [2.05, 4.69) is 6.92 Å². The summed E-state index contributed by atoms with van der Waals surface area (Å²) >= 11 is 0. The maximum absolute atomic E-state index is 12.2. The van der Waals surface area contributed by atoms with Gasteiger partial charge >= 0.3 is 5.97 Å². The minimum Gasteiger partial charge on any atom is -0.464 e. The summed E-state index contributed by atoms with van der Waals surface area (Å²) in [6.45, 7) is 8.58. The largest absolute Gasteiger partial charge is 0.464 e. The third-order valence-corrected chi connectivity index (χ3v) is 4.25. The molecule has 1 amide bonds. The van der Waals surface area contributed by atoms with Crippen molar-refractivity contribution in [2.75, 3.05) is 13.2 Å². The fourth-order valence-corrected chi connectivity index (χ4v) is 2.79. The Hall–Kier alpha value is -1.06. The van der Waals surface area contributed by atoms with Gasteiger partial charge in [0, 0.05) is 13.0 Å². The summed E-state index contributed by atoms with van der Waals surface area (Å²) in [6.07, 6.45) is 11.7. The van der Waals surface area contributed by atoms with Crippen LogP contribution in [0.5, 0.6) is 0 Å². The number of ether oxygens (including phenoxy) is 1. The number of unbranched alkanes of at least 4 members (excludes halogenated alkanes) is 8. The van der Waals surface area contributed by atoms with E-state index in [-0.39, 0.29) is 11.9 Å². The quantitative estimate of drug-likeness (QED) is 0.343. The molecule has 0 aromatic rings. The fourth-order valence-electron chi connectivity index (χ4n) is 2.79. The van der Waals surface area contributed by atoms with Crippen LogP contribution in [0.3, 0.4) is 0 Å². The van der Waals surface area contributed by atoms with Gasteiger partial charge in [-0.1, -0.05) is 58.3 Å². The standard InChI is InChI=1S/C19H37NO3/c1-5-8-9-10-11-12-13-14-15-16-18(21)20(6-2)17(4)19(22)23-7-3/h17H,5-16H2,1-4H3. The van der Waals surface area contributed by atoms with Crippen LogP contribution in [0.2, 0.25) is 0 Å². The summed E-state index contributed by atoms with van der Waals surface area (Å²) in [4.78, 5) is 25.6. The molecule has 0 saturated heterocycles. The lowest BCUT2D eigenvalue weighted by Crippen LogP contribution is -2.43. The average Bonchev–Trinajstić information content (AvgIpc) is 2.54. The SMILES string of the molecule is CCCCCCCCCCCC(=O)N(CC)C(C)C(=O)OCC. The first-order valence-corrected chi connectivity index (χ1v) is 9.54. The van der Waals surface area contributed by atoms with Crippen molar-refractivity contribution in [1.82, 2.24) is 4.90 Å². The van der Waals surface area contributed by atoms with Crippen molar-refractivity contribution in [2.45, 2.75) is 97.9 Å². The molecule has 4 nitrogen and oxygen atoms in total. The zero-order valence-corrected chi connectivity index (χ0v) is 15.7. The van der Waals surface area contributed by atoms with Gasteiger partial charge in [-0.05, 0) is 27.2 Å². The molecule has 0 heterocycles. The number of hydrogen-bond acceptors (Lipinski definition) is 3. The van der Waals surface area contributed by atoms with Gasteiger partial charge in [0.15, 0.2) is 0 Å². The van der Waals surface area contributed by atoms with Crippen LogP contribution >= 0.6 is 0 Å². The van der Waals surface area contributed by atoms with Gasteiger partial charge in [0.05, 0.1) is 6.61 Å². The van der Waals surface area contributed by atoms with E-state index >= 15 is 0 Å². The van der Waals surface area contributed by atoms with Crippen molar-refractivity contribution in [3.8, 4) is 0 Å². The summed E-state index contributed by atoms with van der Waals surface area (Å²) in [7, 11) is 0. The molecule has 0 aliphatic carbocycles. The van der Waals surface area contributed by atoms with Gasteiger partial charge < -0.3 is 9.64 Å². The normalized spacial score (nSPS) is 12.0. The highest BCUT2D eigenvalue weighted by atomic mass is 16.5. The molecule has 136 valence electrons. The van der Waals surface area contributed by atoms with E-state index in [4.69, 9.17) is 4.74 Å². The fraction of sp³-hybridized carbons (Fsp3) is 0.895. The zero-order chi connectivity index (χ0) is 17.5. The second kappa shape index (κ2) is 14.5. The van der Waals surface area contributed by atoms with Crippen LogP contribution in [0.1, 0.15) is 91.9 Å². The van der Waals surface area contributed by atoms with Crippen LogP contribution in [0.4, 0.5) is 0 Å². The molecule has 0 radical (unpaired) electrons. The average molecular weight is 328 g/mol. The topological polar surface area (TPSA) is 46.6 Å². The smallest absolute Gasteiger partial charge is 0.328 e. The molecular formula is C19H37NO3. The molecule has 23 heavy (non-hydrogen) atoms. The first kappa shape index (κ1) is 21.9. The second-order valence-corrected chi connectivity index (χ2v) is 6.19. The number of amides is 1. The van der Waals surface area contributed by atoms with Gasteiger partial charge in [0.2, 0.25) is 5.91 Å². The van der Waals surface area contributed by atoms with E-state index in [0.717, 1.165) is 12.8 Å². The number of rotatable bonds is 14. The Morgan fingerprint density at radius 3 is 1.87 bits per heavy atom. The van der Waals surface area contributed by atoms with E-state index in [0.29, 0.717) is 19.6 Å². The molecule has 0 spiro atoms. The van der Waals surface area contributed by atoms with Crippen molar-refractivity contribution in [3.05, 3.63) is 0 Å². The minimum atomic E-state index is -0.481. The zero-order valence-electron chi connectivity index (χ0n) is 15.7. The summed E-state index contributed by atoms with van der Waals surface area (Å²) in [5, 5.41) is 0. The molecule has 0 aliphatic heterocycles. The van der Waals surface area contributed by atoms with Crippen LogP contribution in [0, 0.1) is 0 Å². The Morgan fingerprint density at radius 2 is 1.39 bits per heavy atom. The summed E-state index contributed by atoms with van der Waals surface area (Å²) in [5.41, 5.74) is 0. The Kier molecular flexibility index (Phi) is 13.9. The maximum Gasteiger partial charge on any atom is 0.328 e. The number of nitrogens with zero attached hydrogens (tertiary/aromatic N) is 1. The van der Waals surface area contributed by atoms with Gasteiger partial charge in [0.25, 0.3) is 0 Å². The Morgan fingerprint density at radius 1 is 0.870 bits per heavy atom. The summed E-state index contributed by atoms with van der Waals surface area (Å²) in [6, 6.07) is -0.481. The number of carbonyl (C=O) groups is 2. The summed E-state index contributed by atoms with van der Waals surface area (Å²) < 4.78 is 5.00. The molecule has 0 aromatic heterocycles.